The van der Waals surface area contributed by atoms with Gasteiger partial charge in [0.15, 0.2) is 0 Å². The van der Waals surface area contributed by atoms with Gasteiger partial charge in [-0.1, -0.05) is 0 Å². The van der Waals surface area contributed by atoms with Crippen molar-refractivity contribution in [2.75, 3.05) is 26.2 Å². The summed E-state index contributed by atoms with van der Waals surface area (Å²) in [6.07, 6.45) is -4.02. The van der Waals surface area contributed by atoms with Gasteiger partial charge in [0.05, 0.1) is 10.5 Å². The monoisotopic (exact) mass is 350 g/mol. The molecule has 0 radical (unpaired) electrons. The summed E-state index contributed by atoms with van der Waals surface area (Å²) in [6, 6.07) is 3.44. The van der Waals surface area contributed by atoms with Crippen molar-refractivity contribution in [2.24, 2.45) is 0 Å². The summed E-state index contributed by atoms with van der Waals surface area (Å²) < 4.78 is 63.9. The third-order valence-electron chi connectivity index (χ3n) is 3.72. The van der Waals surface area contributed by atoms with Crippen LogP contribution in [-0.4, -0.2) is 49.7 Å². The van der Waals surface area contributed by atoms with E-state index in [1.165, 1.54) is 11.2 Å². The number of hydrogen-bond donors (Lipinski definition) is 0. The van der Waals surface area contributed by atoms with Crippen molar-refractivity contribution >= 4 is 15.9 Å². The van der Waals surface area contributed by atoms with Gasteiger partial charge < -0.3 is 4.90 Å². The molecule has 1 aliphatic heterocycles. The summed E-state index contributed by atoms with van der Waals surface area (Å²) in [5.41, 5.74) is -0.893. The molecule has 1 aliphatic rings. The normalized spacial score (nSPS) is 17.8. The molecule has 128 valence electrons. The molecule has 0 aromatic heterocycles. The van der Waals surface area contributed by atoms with Crippen LogP contribution in [0.1, 0.15) is 18.9 Å². The van der Waals surface area contributed by atoms with Crippen molar-refractivity contribution in [1.29, 1.82) is 0 Å². The average molecular weight is 350 g/mol. The van der Waals surface area contributed by atoms with E-state index in [0.29, 0.717) is 13.0 Å². The van der Waals surface area contributed by atoms with E-state index in [0.717, 1.165) is 24.3 Å². The predicted octanol–water partition coefficient (Wildman–Crippen LogP) is 1.95. The Labute approximate surface area is 132 Å². The highest BCUT2D eigenvalue weighted by Crippen LogP contribution is 2.30. The number of carbonyl (C=O) groups is 1. The van der Waals surface area contributed by atoms with Gasteiger partial charge in [-0.05, 0) is 30.7 Å². The van der Waals surface area contributed by atoms with Gasteiger partial charge in [0.1, 0.15) is 0 Å². The molecule has 1 fully saturated rings. The van der Waals surface area contributed by atoms with Gasteiger partial charge in [-0.25, -0.2) is 8.42 Å². The van der Waals surface area contributed by atoms with Crippen LogP contribution in [0.2, 0.25) is 0 Å². The minimum absolute atomic E-state index is 0.126. The smallest absolute Gasteiger partial charge is 0.342 e. The Kier molecular flexibility index (Phi) is 5.00. The summed E-state index contributed by atoms with van der Waals surface area (Å²) in [4.78, 5) is 12.7. The first kappa shape index (κ1) is 17.7. The third-order valence-corrected chi connectivity index (χ3v) is 5.63. The summed E-state index contributed by atoms with van der Waals surface area (Å²) in [5.74, 6) is -0.126. The second kappa shape index (κ2) is 6.48. The maximum Gasteiger partial charge on any atom is 0.416 e. The highest BCUT2D eigenvalue weighted by molar-refractivity contribution is 7.89. The second-order valence-corrected chi connectivity index (χ2v) is 7.22. The van der Waals surface area contributed by atoms with Crippen LogP contribution >= 0.6 is 0 Å². The molecule has 0 atom stereocenters. The molecule has 0 N–H and O–H groups in total. The van der Waals surface area contributed by atoms with E-state index in [4.69, 9.17) is 0 Å². The SMILES string of the molecule is CC(=O)N1CCCN(S(=O)(=O)c2ccc(C(F)(F)F)cc2)CC1. The fraction of sp³-hybridized carbons (Fsp3) is 0.500. The number of alkyl halides is 3. The van der Waals surface area contributed by atoms with Crippen LogP contribution in [0.5, 0.6) is 0 Å². The second-order valence-electron chi connectivity index (χ2n) is 5.29. The topological polar surface area (TPSA) is 57.7 Å². The number of benzene rings is 1. The Hall–Kier alpha value is -1.61. The number of halogens is 3. The molecule has 0 spiro atoms. The van der Waals surface area contributed by atoms with Gasteiger partial charge in [0, 0.05) is 33.1 Å². The van der Waals surface area contributed by atoms with Crippen LogP contribution in [0.4, 0.5) is 13.2 Å². The molecule has 0 saturated carbocycles. The lowest BCUT2D eigenvalue weighted by molar-refractivity contribution is -0.137. The summed E-state index contributed by atoms with van der Waals surface area (Å²) in [6.45, 7) is 2.51. The van der Waals surface area contributed by atoms with E-state index in [9.17, 15) is 26.4 Å². The van der Waals surface area contributed by atoms with E-state index in [-0.39, 0.29) is 30.4 Å². The van der Waals surface area contributed by atoms with Crippen molar-refractivity contribution in [1.82, 2.24) is 9.21 Å². The molecule has 1 aromatic carbocycles. The molecule has 1 saturated heterocycles. The zero-order chi connectivity index (χ0) is 17.3. The Morgan fingerprint density at radius 1 is 1.04 bits per heavy atom. The molecule has 23 heavy (non-hydrogen) atoms. The largest absolute Gasteiger partial charge is 0.416 e. The van der Waals surface area contributed by atoms with E-state index in [2.05, 4.69) is 0 Å². The first-order valence-electron chi connectivity index (χ1n) is 7.05. The summed E-state index contributed by atoms with van der Waals surface area (Å²) in [5, 5.41) is 0. The lowest BCUT2D eigenvalue weighted by atomic mass is 10.2. The van der Waals surface area contributed by atoms with Crippen molar-refractivity contribution in [2.45, 2.75) is 24.4 Å². The Balaban J connectivity index is 2.19. The third kappa shape index (κ3) is 4.03. The minimum atomic E-state index is -4.51. The zero-order valence-corrected chi connectivity index (χ0v) is 13.3. The number of sulfonamides is 1. The van der Waals surface area contributed by atoms with Crippen molar-refractivity contribution in [3.8, 4) is 0 Å². The Bertz CT molecular complexity index is 672. The van der Waals surface area contributed by atoms with Crippen molar-refractivity contribution in [3.05, 3.63) is 29.8 Å². The molecule has 9 heteroatoms. The van der Waals surface area contributed by atoms with Crippen LogP contribution in [0.3, 0.4) is 0 Å². The average Bonchev–Trinajstić information content (AvgIpc) is 2.73. The first-order valence-corrected chi connectivity index (χ1v) is 8.49. The van der Waals surface area contributed by atoms with Crippen LogP contribution < -0.4 is 0 Å². The number of carbonyl (C=O) groups excluding carboxylic acids is 1. The maximum atomic E-state index is 12.5. The fourth-order valence-corrected chi connectivity index (χ4v) is 3.88. The van der Waals surface area contributed by atoms with Gasteiger partial charge in [-0.2, -0.15) is 17.5 Å². The number of rotatable bonds is 2. The standard InChI is InChI=1S/C14H17F3N2O3S/c1-11(20)18-7-2-8-19(10-9-18)23(21,22)13-5-3-12(4-6-13)14(15,16)17/h3-6H,2,7-10H2,1H3. The van der Waals surface area contributed by atoms with E-state index >= 15 is 0 Å². The van der Waals surface area contributed by atoms with Crippen LogP contribution in [0.25, 0.3) is 0 Å². The molecule has 1 aromatic rings. The van der Waals surface area contributed by atoms with Crippen molar-refractivity contribution < 1.29 is 26.4 Å². The molecule has 0 bridgehead atoms. The molecule has 1 amide bonds. The summed E-state index contributed by atoms with van der Waals surface area (Å²) >= 11 is 0. The van der Waals surface area contributed by atoms with Gasteiger partial charge in [0.2, 0.25) is 15.9 Å². The Morgan fingerprint density at radius 2 is 1.65 bits per heavy atom. The molecular formula is C14H17F3N2O3S. The predicted molar refractivity (Wildman–Crippen MR) is 77.1 cm³/mol. The fourth-order valence-electron chi connectivity index (χ4n) is 2.41. The summed E-state index contributed by atoms with van der Waals surface area (Å²) in [7, 11) is -3.87. The quantitative estimate of drug-likeness (QED) is 0.819. The Morgan fingerprint density at radius 3 is 2.17 bits per heavy atom. The van der Waals surface area contributed by atoms with Gasteiger partial charge in [-0.15, -0.1) is 0 Å². The lowest BCUT2D eigenvalue weighted by Crippen LogP contribution is -2.36. The molecular weight excluding hydrogens is 333 g/mol. The van der Waals surface area contributed by atoms with E-state index in [1.807, 2.05) is 0 Å². The maximum absolute atomic E-state index is 12.5. The molecule has 0 aliphatic carbocycles. The molecule has 1 heterocycles. The minimum Gasteiger partial charge on any atom is -0.342 e. The molecule has 5 nitrogen and oxygen atoms in total. The highest BCUT2D eigenvalue weighted by atomic mass is 32.2. The lowest BCUT2D eigenvalue weighted by Gasteiger charge is -2.21. The highest BCUT2D eigenvalue weighted by Gasteiger charge is 2.32. The van der Waals surface area contributed by atoms with Crippen LogP contribution in [0, 0.1) is 0 Å². The first-order chi connectivity index (χ1) is 10.6. The van der Waals surface area contributed by atoms with Gasteiger partial charge in [-0.3, -0.25) is 4.79 Å². The zero-order valence-electron chi connectivity index (χ0n) is 12.5. The van der Waals surface area contributed by atoms with Crippen LogP contribution in [-0.2, 0) is 21.0 Å². The number of nitrogens with zero attached hydrogens (tertiary/aromatic N) is 2. The van der Waals surface area contributed by atoms with Gasteiger partial charge in [0.25, 0.3) is 0 Å². The van der Waals surface area contributed by atoms with Crippen LogP contribution in [0.15, 0.2) is 29.2 Å². The van der Waals surface area contributed by atoms with Crippen molar-refractivity contribution in [3.63, 3.8) is 0 Å². The number of hydrogen-bond acceptors (Lipinski definition) is 3. The molecule has 0 unspecified atom stereocenters. The van der Waals surface area contributed by atoms with E-state index < -0.39 is 21.8 Å². The van der Waals surface area contributed by atoms with Gasteiger partial charge >= 0.3 is 6.18 Å². The number of amides is 1. The van der Waals surface area contributed by atoms with E-state index in [1.54, 1.807) is 4.90 Å². The molecule has 2 rings (SSSR count).